The number of carbonyl (C=O) groups is 1. The Morgan fingerprint density at radius 2 is 2.23 bits per heavy atom. The second-order valence-corrected chi connectivity index (χ2v) is 10.2. The van der Waals surface area contributed by atoms with Crippen LogP contribution < -0.4 is 0 Å². The van der Waals surface area contributed by atoms with Gasteiger partial charge in [0, 0.05) is 13.6 Å². The number of carbonyl (C=O) groups excluding carboxylic acids is 1. The van der Waals surface area contributed by atoms with Gasteiger partial charge in [-0.2, -0.15) is 0 Å². The highest BCUT2D eigenvalue weighted by Crippen LogP contribution is 2.30. The Balaban J connectivity index is 2.67. The van der Waals surface area contributed by atoms with Crippen LogP contribution in [0.25, 0.3) is 0 Å². The Kier molecular flexibility index (Phi) is 2.93. The lowest BCUT2D eigenvalue weighted by Gasteiger charge is -2.22. The molecule has 13 heavy (non-hydrogen) atoms. The zero-order chi connectivity index (χ0) is 10.1. The van der Waals surface area contributed by atoms with Crippen molar-refractivity contribution in [2.24, 2.45) is 5.92 Å². The topological polar surface area (TPSA) is 46.5 Å². The molecule has 1 N–H and O–H groups in total. The lowest BCUT2D eigenvalue weighted by Crippen LogP contribution is -2.29. The van der Waals surface area contributed by atoms with Gasteiger partial charge < -0.3 is 9.84 Å². The first kappa shape index (κ1) is 10.5. The van der Waals surface area contributed by atoms with Crippen LogP contribution in [0.5, 0.6) is 0 Å². The molecule has 1 aliphatic rings. The molecule has 0 aliphatic carbocycles. The minimum absolute atomic E-state index is 0.107. The smallest absolute Gasteiger partial charge is 0.203 e. The SMILES string of the molecule is C[Si](C)(C)C[C@@H]1C(C=O)=CO[C@H]1O. The molecular weight excluding hydrogens is 184 g/mol. The molecule has 0 bridgehead atoms. The van der Waals surface area contributed by atoms with Crippen LogP contribution in [0.2, 0.25) is 25.7 Å². The van der Waals surface area contributed by atoms with Crippen molar-refractivity contribution in [1.82, 2.24) is 0 Å². The molecule has 0 saturated heterocycles. The first-order valence-corrected chi connectivity index (χ1v) is 8.13. The molecule has 0 unspecified atom stereocenters. The number of aldehydes is 1. The molecule has 1 rings (SSSR count). The van der Waals surface area contributed by atoms with Crippen molar-refractivity contribution in [3.8, 4) is 0 Å². The molecule has 0 amide bonds. The summed E-state index contributed by atoms with van der Waals surface area (Å²) >= 11 is 0. The molecule has 0 aromatic heterocycles. The first-order chi connectivity index (χ1) is 5.94. The highest BCUT2D eigenvalue weighted by atomic mass is 28.3. The van der Waals surface area contributed by atoms with Crippen LogP contribution in [-0.2, 0) is 9.53 Å². The number of aliphatic hydroxyl groups excluding tert-OH is 1. The fourth-order valence-corrected chi connectivity index (χ4v) is 3.25. The summed E-state index contributed by atoms with van der Waals surface area (Å²) in [7, 11) is -1.26. The van der Waals surface area contributed by atoms with E-state index in [-0.39, 0.29) is 5.92 Å². The van der Waals surface area contributed by atoms with E-state index in [9.17, 15) is 9.90 Å². The average Bonchev–Trinajstić information content (AvgIpc) is 2.30. The predicted octanol–water partition coefficient (Wildman–Crippen LogP) is 1.37. The van der Waals surface area contributed by atoms with Gasteiger partial charge in [-0.1, -0.05) is 19.6 Å². The van der Waals surface area contributed by atoms with E-state index in [0.717, 1.165) is 12.3 Å². The number of rotatable bonds is 3. The average molecular weight is 200 g/mol. The van der Waals surface area contributed by atoms with Crippen molar-refractivity contribution in [2.75, 3.05) is 0 Å². The predicted molar refractivity (Wildman–Crippen MR) is 52.9 cm³/mol. The van der Waals surface area contributed by atoms with Crippen LogP contribution in [0.3, 0.4) is 0 Å². The summed E-state index contributed by atoms with van der Waals surface area (Å²) in [6.45, 7) is 6.63. The molecule has 0 fully saturated rings. The molecule has 1 heterocycles. The van der Waals surface area contributed by atoms with Gasteiger partial charge in [-0.3, -0.25) is 4.79 Å². The van der Waals surface area contributed by atoms with E-state index < -0.39 is 14.4 Å². The van der Waals surface area contributed by atoms with E-state index in [1.165, 1.54) is 6.26 Å². The number of hydrogen-bond acceptors (Lipinski definition) is 3. The Hall–Kier alpha value is -0.613. The molecule has 3 nitrogen and oxygen atoms in total. The van der Waals surface area contributed by atoms with E-state index in [0.29, 0.717) is 5.57 Å². The van der Waals surface area contributed by atoms with E-state index in [1.807, 2.05) is 0 Å². The van der Waals surface area contributed by atoms with Gasteiger partial charge in [0.1, 0.15) is 6.29 Å². The third kappa shape index (κ3) is 2.67. The van der Waals surface area contributed by atoms with Crippen LogP contribution in [0.4, 0.5) is 0 Å². The maximum Gasteiger partial charge on any atom is 0.203 e. The Morgan fingerprint density at radius 1 is 1.62 bits per heavy atom. The minimum Gasteiger partial charge on any atom is -0.472 e. The third-order valence-corrected chi connectivity index (χ3v) is 3.75. The summed E-state index contributed by atoms with van der Waals surface area (Å²) < 4.78 is 4.90. The van der Waals surface area contributed by atoms with Crippen LogP contribution in [-0.4, -0.2) is 25.8 Å². The largest absolute Gasteiger partial charge is 0.472 e. The summed E-state index contributed by atoms with van der Waals surface area (Å²) in [5, 5.41) is 9.44. The standard InChI is InChI=1S/C9H16O3Si/c1-13(2,3)6-8-7(4-10)5-12-9(8)11/h4-5,8-9,11H,6H2,1-3H3/t8-,9-/m1/s1. The minimum atomic E-state index is -1.26. The molecule has 0 spiro atoms. The van der Waals surface area contributed by atoms with Crippen molar-refractivity contribution in [3.63, 3.8) is 0 Å². The quantitative estimate of drug-likeness (QED) is 0.553. The summed E-state index contributed by atoms with van der Waals surface area (Å²) in [5.41, 5.74) is 0.593. The third-order valence-electron chi connectivity index (χ3n) is 2.08. The van der Waals surface area contributed by atoms with Crippen molar-refractivity contribution < 1.29 is 14.6 Å². The van der Waals surface area contributed by atoms with Crippen LogP contribution in [0, 0.1) is 5.92 Å². The van der Waals surface area contributed by atoms with Crippen molar-refractivity contribution in [3.05, 3.63) is 11.8 Å². The highest BCUT2D eigenvalue weighted by Gasteiger charge is 2.33. The summed E-state index contributed by atoms with van der Waals surface area (Å²) in [5.74, 6) is -0.107. The summed E-state index contributed by atoms with van der Waals surface area (Å²) in [4.78, 5) is 10.6. The zero-order valence-corrected chi connectivity index (χ0v) is 9.28. The zero-order valence-electron chi connectivity index (χ0n) is 8.28. The van der Waals surface area contributed by atoms with Crippen LogP contribution in [0.1, 0.15) is 0 Å². The van der Waals surface area contributed by atoms with Gasteiger partial charge in [-0.25, -0.2) is 0 Å². The van der Waals surface area contributed by atoms with Crippen molar-refractivity contribution in [1.29, 1.82) is 0 Å². The van der Waals surface area contributed by atoms with Gasteiger partial charge in [0.15, 0.2) is 0 Å². The maximum atomic E-state index is 10.6. The highest BCUT2D eigenvalue weighted by molar-refractivity contribution is 6.76. The molecule has 74 valence electrons. The van der Waals surface area contributed by atoms with Crippen molar-refractivity contribution in [2.45, 2.75) is 32.0 Å². The second-order valence-electron chi connectivity index (χ2n) is 4.63. The normalized spacial score (nSPS) is 28.2. The van der Waals surface area contributed by atoms with Gasteiger partial charge in [-0.15, -0.1) is 0 Å². The first-order valence-electron chi connectivity index (χ1n) is 4.43. The van der Waals surface area contributed by atoms with Gasteiger partial charge >= 0.3 is 0 Å². The molecule has 2 atom stereocenters. The monoisotopic (exact) mass is 200 g/mol. The van der Waals surface area contributed by atoms with E-state index in [2.05, 4.69) is 19.6 Å². The molecule has 0 aromatic carbocycles. The number of ether oxygens (including phenoxy) is 1. The molecule has 0 aromatic rings. The van der Waals surface area contributed by atoms with Crippen LogP contribution >= 0.6 is 0 Å². The van der Waals surface area contributed by atoms with Gasteiger partial charge in [0.2, 0.25) is 6.29 Å². The van der Waals surface area contributed by atoms with E-state index >= 15 is 0 Å². The van der Waals surface area contributed by atoms with E-state index in [1.54, 1.807) is 0 Å². The maximum absolute atomic E-state index is 10.6. The molecular formula is C9H16O3Si. The van der Waals surface area contributed by atoms with Gasteiger partial charge in [0.05, 0.1) is 12.2 Å². The number of hydrogen-bond donors (Lipinski definition) is 1. The Labute approximate surface area is 79.4 Å². The van der Waals surface area contributed by atoms with Gasteiger partial charge in [-0.05, 0) is 6.04 Å². The number of aliphatic hydroxyl groups is 1. The molecule has 0 saturated carbocycles. The lowest BCUT2D eigenvalue weighted by molar-refractivity contribution is -0.106. The lowest BCUT2D eigenvalue weighted by atomic mass is 10.1. The Bertz CT molecular complexity index is 230. The van der Waals surface area contributed by atoms with Crippen molar-refractivity contribution >= 4 is 14.4 Å². The Morgan fingerprint density at radius 3 is 2.69 bits per heavy atom. The summed E-state index contributed by atoms with van der Waals surface area (Å²) in [6.07, 6.45) is 1.34. The summed E-state index contributed by atoms with van der Waals surface area (Å²) in [6, 6.07) is 0.888. The molecule has 4 heteroatoms. The van der Waals surface area contributed by atoms with Gasteiger partial charge in [0.25, 0.3) is 0 Å². The fraction of sp³-hybridized carbons (Fsp3) is 0.667. The second kappa shape index (κ2) is 3.63. The molecule has 0 radical (unpaired) electrons. The fourth-order valence-electron chi connectivity index (χ4n) is 1.49. The van der Waals surface area contributed by atoms with Crippen LogP contribution in [0.15, 0.2) is 11.8 Å². The molecule has 1 aliphatic heterocycles. The van der Waals surface area contributed by atoms with E-state index in [4.69, 9.17) is 4.74 Å².